The molecular weight excluding hydrogens is 286 g/mol. The second-order valence-electron chi connectivity index (χ2n) is 6.15. The van der Waals surface area contributed by atoms with E-state index < -0.39 is 0 Å². The molecule has 122 valence electrons. The predicted molar refractivity (Wildman–Crippen MR) is 93.1 cm³/mol. The summed E-state index contributed by atoms with van der Waals surface area (Å²) in [6.45, 7) is 4.83. The van der Waals surface area contributed by atoms with Gasteiger partial charge in [-0.3, -0.25) is 4.79 Å². The van der Waals surface area contributed by atoms with Crippen LogP contribution in [0.3, 0.4) is 0 Å². The van der Waals surface area contributed by atoms with E-state index in [1.165, 1.54) is 0 Å². The van der Waals surface area contributed by atoms with Gasteiger partial charge in [0, 0.05) is 6.54 Å². The first kappa shape index (κ1) is 17.2. The van der Waals surface area contributed by atoms with E-state index in [1.54, 1.807) is 0 Å². The molecule has 0 heterocycles. The molecule has 0 spiro atoms. The van der Waals surface area contributed by atoms with Gasteiger partial charge in [-0.15, -0.1) is 0 Å². The number of rotatable bonds is 7. The number of aliphatic hydroxyl groups is 1. The summed E-state index contributed by atoms with van der Waals surface area (Å²) in [6.07, 6.45) is 0.789. The Morgan fingerprint density at radius 2 is 1.61 bits per heavy atom. The first-order valence-corrected chi connectivity index (χ1v) is 8.13. The molecule has 2 aromatic carbocycles. The number of amides is 1. The van der Waals surface area contributed by atoms with E-state index in [-0.39, 0.29) is 24.3 Å². The first-order valence-electron chi connectivity index (χ1n) is 8.13. The van der Waals surface area contributed by atoms with Crippen LogP contribution in [0.4, 0.5) is 0 Å². The van der Waals surface area contributed by atoms with Crippen molar-refractivity contribution in [3.8, 4) is 0 Å². The lowest BCUT2D eigenvalue weighted by molar-refractivity contribution is -0.123. The fraction of sp³-hybridized carbons (Fsp3) is 0.350. The van der Waals surface area contributed by atoms with Crippen molar-refractivity contribution in [2.24, 2.45) is 5.92 Å². The van der Waals surface area contributed by atoms with Crippen LogP contribution in [-0.4, -0.2) is 17.6 Å². The molecule has 0 aliphatic carbocycles. The molecular formula is C20H25NO2. The van der Waals surface area contributed by atoms with Gasteiger partial charge in [0.25, 0.3) is 0 Å². The summed E-state index contributed by atoms with van der Waals surface area (Å²) in [5, 5.41) is 12.1. The molecule has 0 fully saturated rings. The molecule has 3 nitrogen and oxygen atoms in total. The van der Waals surface area contributed by atoms with Gasteiger partial charge in [-0.2, -0.15) is 0 Å². The zero-order chi connectivity index (χ0) is 16.7. The standard InChI is InChI=1S/C20H25NO2/c1-15(2)19(18-6-4-3-5-7-18)20(23)21-13-12-16-8-10-17(14-22)11-9-16/h3-11,15,19,22H,12-14H2,1-2H3,(H,21,23). The highest BCUT2D eigenvalue weighted by atomic mass is 16.3. The van der Waals surface area contributed by atoms with Crippen LogP contribution < -0.4 is 5.32 Å². The highest BCUT2D eigenvalue weighted by Crippen LogP contribution is 2.24. The Labute approximate surface area is 138 Å². The third kappa shape index (κ3) is 4.93. The van der Waals surface area contributed by atoms with Crippen molar-refractivity contribution in [3.05, 3.63) is 71.3 Å². The lowest BCUT2D eigenvalue weighted by Gasteiger charge is -2.20. The summed E-state index contributed by atoms with van der Waals surface area (Å²) >= 11 is 0. The quantitative estimate of drug-likeness (QED) is 0.824. The van der Waals surface area contributed by atoms with E-state index >= 15 is 0 Å². The summed E-state index contributed by atoms with van der Waals surface area (Å²) < 4.78 is 0. The average Bonchev–Trinajstić information content (AvgIpc) is 2.56. The van der Waals surface area contributed by atoms with Crippen molar-refractivity contribution in [3.63, 3.8) is 0 Å². The van der Waals surface area contributed by atoms with Gasteiger partial charge >= 0.3 is 0 Å². The Bertz CT molecular complexity index is 605. The minimum absolute atomic E-state index is 0.0597. The average molecular weight is 311 g/mol. The smallest absolute Gasteiger partial charge is 0.227 e. The van der Waals surface area contributed by atoms with Crippen LogP contribution in [0.15, 0.2) is 54.6 Å². The van der Waals surface area contributed by atoms with Crippen molar-refractivity contribution in [2.75, 3.05) is 6.54 Å². The van der Waals surface area contributed by atoms with Crippen LogP contribution in [0.5, 0.6) is 0 Å². The molecule has 0 aliphatic heterocycles. The molecule has 1 atom stereocenters. The molecule has 2 rings (SSSR count). The lowest BCUT2D eigenvalue weighted by atomic mass is 9.87. The summed E-state index contributed by atoms with van der Waals surface area (Å²) in [5.41, 5.74) is 3.12. The number of hydrogen-bond donors (Lipinski definition) is 2. The van der Waals surface area contributed by atoms with Crippen LogP contribution >= 0.6 is 0 Å². The second kappa shape index (κ2) is 8.49. The van der Waals surface area contributed by atoms with E-state index in [9.17, 15) is 4.79 Å². The third-order valence-corrected chi connectivity index (χ3v) is 4.03. The minimum atomic E-state index is -0.118. The predicted octanol–water partition coefficient (Wildman–Crippen LogP) is 3.28. The first-order chi connectivity index (χ1) is 11.1. The molecule has 0 bridgehead atoms. The van der Waals surface area contributed by atoms with Crippen molar-refractivity contribution in [1.82, 2.24) is 5.32 Å². The molecule has 2 aromatic rings. The maximum absolute atomic E-state index is 12.5. The van der Waals surface area contributed by atoms with Crippen molar-refractivity contribution in [1.29, 1.82) is 0 Å². The molecule has 2 N–H and O–H groups in total. The molecule has 0 saturated carbocycles. The Kier molecular flexibility index (Phi) is 6.36. The van der Waals surface area contributed by atoms with Gasteiger partial charge in [0.05, 0.1) is 12.5 Å². The van der Waals surface area contributed by atoms with Crippen LogP contribution in [0, 0.1) is 5.92 Å². The van der Waals surface area contributed by atoms with Gasteiger partial charge in [0.1, 0.15) is 0 Å². The van der Waals surface area contributed by atoms with E-state index in [2.05, 4.69) is 19.2 Å². The number of benzene rings is 2. The number of aliphatic hydroxyl groups excluding tert-OH is 1. The number of nitrogens with one attached hydrogen (secondary N) is 1. The largest absolute Gasteiger partial charge is 0.392 e. The molecule has 0 aromatic heterocycles. The summed E-state index contributed by atoms with van der Waals surface area (Å²) in [5.74, 6) is 0.215. The molecule has 0 radical (unpaired) electrons. The van der Waals surface area contributed by atoms with Gasteiger partial charge in [-0.25, -0.2) is 0 Å². The molecule has 1 unspecified atom stereocenters. The minimum Gasteiger partial charge on any atom is -0.392 e. The summed E-state index contributed by atoms with van der Waals surface area (Å²) in [6, 6.07) is 17.8. The van der Waals surface area contributed by atoms with E-state index in [0.29, 0.717) is 6.54 Å². The number of carbonyl (C=O) groups excluding carboxylic acids is 1. The van der Waals surface area contributed by atoms with Gasteiger partial charge in [0.2, 0.25) is 5.91 Å². The van der Waals surface area contributed by atoms with Crippen molar-refractivity contribution >= 4 is 5.91 Å². The zero-order valence-electron chi connectivity index (χ0n) is 13.8. The molecule has 0 aliphatic rings. The Morgan fingerprint density at radius 1 is 1.00 bits per heavy atom. The molecule has 3 heteroatoms. The monoisotopic (exact) mass is 311 g/mol. The Hall–Kier alpha value is -2.13. The van der Waals surface area contributed by atoms with Crippen LogP contribution in [0.2, 0.25) is 0 Å². The fourth-order valence-corrected chi connectivity index (χ4v) is 2.75. The lowest BCUT2D eigenvalue weighted by Crippen LogP contribution is -2.33. The summed E-state index contributed by atoms with van der Waals surface area (Å²) in [7, 11) is 0. The topological polar surface area (TPSA) is 49.3 Å². The van der Waals surface area contributed by atoms with E-state index in [0.717, 1.165) is 23.1 Å². The highest BCUT2D eigenvalue weighted by Gasteiger charge is 2.23. The SMILES string of the molecule is CC(C)C(C(=O)NCCc1ccc(CO)cc1)c1ccccc1. The van der Waals surface area contributed by atoms with Gasteiger partial charge in [0.15, 0.2) is 0 Å². The third-order valence-electron chi connectivity index (χ3n) is 4.03. The van der Waals surface area contributed by atoms with Gasteiger partial charge < -0.3 is 10.4 Å². The van der Waals surface area contributed by atoms with Gasteiger partial charge in [-0.05, 0) is 29.0 Å². The van der Waals surface area contributed by atoms with Crippen LogP contribution in [0.25, 0.3) is 0 Å². The van der Waals surface area contributed by atoms with Crippen molar-refractivity contribution in [2.45, 2.75) is 32.8 Å². The maximum Gasteiger partial charge on any atom is 0.227 e. The highest BCUT2D eigenvalue weighted by molar-refractivity contribution is 5.83. The zero-order valence-corrected chi connectivity index (χ0v) is 13.8. The Balaban J connectivity index is 1.91. The fourth-order valence-electron chi connectivity index (χ4n) is 2.75. The number of carbonyl (C=O) groups is 1. The maximum atomic E-state index is 12.5. The number of hydrogen-bond acceptors (Lipinski definition) is 2. The second-order valence-corrected chi connectivity index (χ2v) is 6.15. The van der Waals surface area contributed by atoms with Gasteiger partial charge in [-0.1, -0.05) is 68.4 Å². The van der Waals surface area contributed by atoms with Crippen LogP contribution in [-0.2, 0) is 17.8 Å². The van der Waals surface area contributed by atoms with Crippen molar-refractivity contribution < 1.29 is 9.90 Å². The van der Waals surface area contributed by atoms with E-state index in [1.807, 2.05) is 54.6 Å². The molecule has 0 saturated heterocycles. The summed E-state index contributed by atoms with van der Waals surface area (Å²) in [4.78, 5) is 12.5. The normalized spacial score (nSPS) is 12.2. The molecule has 23 heavy (non-hydrogen) atoms. The molecule has 1 amide bonds. The van der Waals surface area contributed by atoms with E-state index in [4.69, 9.17) is 5.11 Å². The van der Waals surface area contributed by atoms with Crippen LogP contribution in [0.1, 0.15) is 36.5 Å². The Morgan fingerprint density at radius 3 is 2.17 bits per heavy atom.